The lowest BCUT2D eigenvalue weighted by Crippen LogP contribution is -2.33. The van der Waals surface area contributed by atoms with Crippen LogP contribution in [0, 0.1) is 5.92 Å². The number of anilines is 2. The lowest BCUT2D eigenvalue weighted by Gasteiger charge is -2.22. The Morgan fingerprint density at radius 3 is 2.55 bits per heavy atom. The molecule has 0 radical (unpaired) electrons. The predicted octanol–water partition coefficient (Wildman–Crippen LogP) is 2.69. The van der Waals surface area contributed by atoms with Gasteiger partial charge in [0.15, 0.2) is 5.13 Å². The Hall–Kier alpha value is -1.30. The molecule has 0 spiro atoms. The van der Waals surface area contributed by atoms with E-state index in [1.165, 1.54) is 11.3 Å². The van der Waals surface area contributed by atoms with Gasteiger partial charge in [0.2, 0.25) is 0 Å². The highest BCUT2D eigenvalue weighted by atomic mass is 32.1. The van der Waals surface area contributed by atoms with E-state index in [0.717, 1.165) is 24.6 Å². The molecule has 0 saturated carbocycles. The Morgan fingerprint density at radius 1 is 1.40 bits per heavy atom. The van der Waals surface area contributed by atoms with Crippen molar-refractivity contribution in [3.05, 3.63) is 4.88 Å². The zero-order valence-corrected chi connectivity index (χ0v) is 14.0. The van der Waals surface area contributed by atoms with E-state index in [9.17, 15) is 4.79 Å². The molecule has 0 aromatic carbocycles. The molecule has 0 unspecified atom stereocenters. The third kappa shape index (κ3) is 4.10. The Kier molecular flexibility index (Phi) is 6.26. The largest absolute Gasteiger partial charge is 0.382 e. The molecule has 0 fully saturated rings. The van der Waals surface area contributed by atoms with E-state index in [-0.39, 0.29) is 5.91 Å². The quantitative estimate of drug-likeness (QED) is 0.840. The van der Waals surface area contributed by atoms with Crippen molar-refractivity contribution in [2.24, 2.45) is 5.92 Å². The van der Waals surface area contributed by atoms with Crippen LogP contribution in [0.25, 0.3) is 0 Å². The van der Waals surface area contributed by atoms with Gasteiger partial charge in [-0.3, -0.25) is 4.79 Å². The van der Waals surface area contributed by atoms with Gasteiger partial charge >= 0.3 is 0 Å². The smallest absolute Gasteiger partial charge is 0.267 e. The van der Waals surface area contributed by atoms with E-state index in [4.69, 9.17) is 5.73 Å². The third-order valence-electron chi connectivity index (χ3n) is 2.98. The van der Waals surface area contributed by atoms with Crippen molar-refractivity contribution in [3.8, 4) is 0 Å². The van der Waals surface area contributed by atoms with E-state index >= 15 is 0 Å². The molecule has 2 N–H and O–H groups in total. The van der Waals surface area contributed by atoms with Gasteiger partial charge in [0.1, 0.15) is 10.7 Å². The maximum absolute atomic E-state index is 12.5. The summed E-state index contributed by atoms with van der Waals surface area (Å²) in [5.74, 6) is 0.780. The fourth-order valence-corrected chi connectivity index (χ4v) is 2.95. The number of amides is 1. The second-order valence-corrected chi connectivity index (χ2v) is 6.35. The number of thiazole rings is 1. The van der Waals surface area contributed by atoms with E-state index in [0.29, 0.717) is 23.2 Å². The van der Waals surface area contributed by atoms with Crippen LogP contribution in [0.1, 0.15) is 43.8 Å². The second-order valence-electron chi connectivity index (χ2n) is 5.37. The minimum absolute atomic E-state index is 0.00708. The first-order valence-corrected chi connectivity index (χ1v) is 7.99. The molecular weight excluding hydrogens is 272 g/mol. The third-order valence-corrected chi connectivity index (χ3v) is 4.15. The van der Waals surface area contributed by atoms with Gasteiger partial charge in [-0.15, -0.1) is 0 Å². The first-order chi connectivity index (χ1) is 9.40. The van der Waals surface area contributed by atoms with Crippen LogP contribution in [0.5, 0.6) is 0 Å². The molecule has 0 saturated heterocycles. The van der Waals surface area contributed by atoms with Gasteiger partial charge < -0.3 is 15.5 Å². The summed E-state index contributed by atoms with van der Waals surface area (Å²) in [5.41, 5.74) is 5.92. The van der Waals surface area contributed by atoms with Crippen molar-refractivity contribution in [1.29, 1.82) is 0 Å². The van der Waals surface area contributed by atoms with Crippen LogP contribution in [0.15, 0.2) is 0 Å². The number of carbonyl (C=O) groups excluding carboxylic acids is 1. The molecule has 5 nitrogen and oxygen atoms in total. The van der Waals surface area contributed by atoms with E-state index in [1.807, 2.05) is 23.8 Å². The van der Waals surface area contributed by atoms with Gasteiger partial charge in [0, 0.05) is 26.7 Å². The zero-order valence-electron chi connectivity index (χ0n) is 13.1. The van der Waals surface area contributed by atoms with Gasteiger partial charge in [-0.25, -0.2) is 4.98 Å². The van der Waals surface area contributed by atoms with Crippen molar-refractivity contribution in [1.82, 2.24) is 9.88 Å². The maximum atomic E-state index is 12.5. The number of hydrogen-bond donors (Lipinski definition) is 1. The summed E-state index contributed by atoms with van der Waals surface area (Å²) in [5, 5.41) is 0.813. The number of aromatic nitrogens is 1. The molecule has 0 aliphatic heterocycles. The lowest BCUT2D eigenvalue weighted by molar-refractivity contribution is 0.0751. The molecule has 0 bridgehead atoms. The molecule has 114 valence electrons. The van der Waals surface area contributed by atoms with Crippen LogP contribution in [0.4, 0.5) is 10.9 Å². The fourth-order valence-electron chi connectivity index (χ4n) is 2.01. The van der Waals surface area contributed by atoms with Crippen LogP contribution in [-0.4, -0.2) is 42.5 Å². The highest BCUT2D eigenvalue weighted by molar-refractivity contribution is 7.18. The summed E-state index contributed by atoms with van der Waals surface area (Å²) < 4.78 is 0. The van der Waals surface area contributed by atoms with Crippen LogP contribution in [0.3, 0.4) is 0 Å². The molecule has 20 heavy (non-hydrogen) atoms. The minimum Gasteiger partial charge on any atom is -0.382 e. The summed E-state index contributed by atoms with van der Waals surface area (Å²) in [6.07, 6.45) is 1.04. The number of carbonyl (C=O) groups is 1. The highest BCUT2D eigenvalue weighted by Gasteiger charge is 2.22. The Balaban J connectivity index is 2.92. The molecule has 0 aliphatic rings. The van der Waals surface area contributed by atoms with Gasteiger partial charge in [-0.05, 0) is 19.3 Å². The zero-order chi connectivity index (χ0) is 15.3. The molecule has 0 aliphatic carbocycles. The number of rotatable bonds is 7. The highest BCUT2D eigenvalue weighted by Crippen LogP contribution is 2.28. The number of hydrogen-bond acceptors (Lipinski definition) is 5. The SMILES string of the molecule is CCCN(C)c1nc(N)c(C(=O)N(CC)CC(C)C)s1. The van der Waals surface area contributed by atoms with Crippen LogP contribution >= 0.6 is 11.3 Å². The first kappa shape index (κ1) is 16.8. The van der Waals surface area contributed by atoms with Crippen molar-refractivity contribution in [3.63, 3.8) is 0 Å². The molecule has 1 rings (SSSR count). The van der Waals surface area contributed by atoms with Gasteiger partial charge in [-0.2, -0.15) is 0 Å². The summed E-state index contributed by atoms with van der Waals surface area (Å²) >= 11 is 1.39. The summed E-state index contributed by atoms with van der Waals surface area (Å²) in [6, 6.07) is 0. The first-order valence-electron chi connectivity index (χ1n) is 7.17. The average molecular weight is 298 g/mol. The standard InChI is InChI=1S/C14H26N4OS/c1-6-8-17(5)14-16-12(15)11(20-14)13(19)18(7-2)9-10(3)4/h10H,6-9,15H2,1-5H3. The topological polar surface area (TPSA) is 62.5 Å². The van der Waals surface area contributed by atoms with Gasteiger partial charge in [0.25, 0.3) is 5.91 Å². The number of nitrogen functional groups attached to an aromatic ring is 1. The van der Waals surface area contributed by atoms with Crippen molar-refractivity contribution >= 4 is 28.2 Å². The molecule has 6 heteroatoms. The average Bonchev–Trinajstić information content (AvgIpc) is 2.77. The van der Waals surface area contributed by atoms with E-state index in [2.05, 4.69) is 25.8 Å². The number of nitrogens with zero attached hydrogens (tertiary/aromatic N) is 3. The predicted molar refractivity (Wildman–Crippen MR) is 86.5 cm³/mol. The van der Waals surface area contributed by atoms with Crippen molar-refractivity contribution in [2.75, 3.05) is 37.3 Å². The Bertz CT molecular complexity index is 444. The lowest BCUT2D eigenvalue weighted by atomic mass is 10.2. The molecular formula is C14H26N4OS. The molecule has 1 aromatic rings. The molecule has 1 heterocycles. The minimum atomic E-state index is -0.00708. The fraction of sp³-hybridized carbons (Fsp3) is 0.714. The summed E-state index contributed by atoms with van der Waals surface area (Å²) in [4.78, 5) is 21.3. The maximum Gasteiger partial charge on any atom is 0.267 e. The van der Waals surface area contributed by atoms with Crippen LogP contribution < -0.4 is 10.6 Å². The molecule has 0 atom stereocenters. The van der Waals surface area contributed by atoms with Crippen molar-refractivity contribution < 1.29 is 4.79 Å². The van der Waals surface area contributed by atoms with Gasteiger partial charge in [-0.1, -0.05) is 32.1 Å². The van der Waals surface area contributed by atoms with E-state index < -0.39 is 0 Å². The molecule has 1 amide bonds. The molecule has 1 aromatic heterocycles. The second kappa shape index (κ2) is 7.47. The van der Waals surface area contributed by atoms with Crippen molar-refractivity contribution in [2.45, 2.75) is 34.1 Å². The summed E-state index contributed by atoms with van der Waals surface area (Å²) in [7, 11) is 1.97. The van der Waals surface area contributed by atoms with E-state index in [1.54, 1.807) is 0 Å². The monoisotopic (exact) mass is 298 g/mol. The van der Waals surface area contributed by atoms with Gasteiger partial charge in [0.05, 0.1) is 0 Å². The Labute approximate surface area is 125 Å². The van der Waals surface area contributed by atoms with Crippen LogP contribution in [-0.2, 0) is 0 Å². The van der Waals surface area contributed by atoms with Crippen LogP contribution in [0.2, 0.25) is 0 Å². The summed E-state index contributed by atoms with van der Waals surface area (Å²) in [6.45, 7) is 10.6. The Morgan fingerprint density at radius 2 is 2.05 bits per heavy atom. The number of nitrogens with two attached hydrogens (primary N) is 1. The normalized spacial score (nSPS) is 10.9.